The highest BCUT2D eigenvalue weighted by Gasteiger charge is 2.28. The van der Waals surface area contributed by atoms with Crippen molar-refractivity contribution in [3.05, 3.63) is 0 Å². The van der Waals surface area contributed by atoms with Gasteiger partial charge in [-0.05, 0) is 25.9 Å². The molecule has 20 heavy (non-hydrogen) atoms. The van der Waals surface area contributed by atoms with Crippen LogP contribution in [0.4, 0.5) is 4.79 Å². The summed E-state index contributed by atoms with van der Waals surface area (Å²) in [5.41, 5.74) is 5.43. The quantitative estimate of drug-likeness (QED) is 0.605. The molecule has 1 aliphatic rings. The van der Waals surface area contributed by atoms with Crippen molar-refractivity contribution in [2.75, 3.05) is 46.4 Å². The Balaban J connectivity index is 2.32. The van der Waals surface area contributed by atoms with Gasteiger partial charge in [0, 0.05) is 26.2 Å². The minimum absolute atomic E-state index is 0.378. The molecule has 0 saturated carbocycles. The number of unbranched alkanes of at least 4 members (excludes halogenated alkanes) is 2. The molecular formula is C11H24N4O4S. The summed E-state index contributed by atoms with van der Waals surface area (Å²) >= 11 is 0. The van der Waals surface area contributed by atoms with Crippen LogP contribution in [0, 0.1) is 0 Å². The van der Waals surface area contributed by atoms with Crippen molar-refractivity contribution in [1.82, 2.24) is 13.9 Å². The molecule has 0 radical (unpaired) electrons. The van der Waals surface area contributed by atoms with Crippen molar-refractivity contribution in [3.63, 3.8) is 0 Å². The minimum Gasteiger partial charge on any atom is -0.452 e. The maximum absolute atomic E-state index is 11.8. The van der Waals surface area contributed by atoms with E-state index in [0.29, 0.717) is 32.7 Å². The summed E-state index contributed by atoms with van der Waals surface area (Å²) in [6.07, 6.45) is 2.23. The number of hydrogen-bond acceptors (Lipinski definition) is 6. The molecule has 1 aliphatic heterocycles. The lowest BCUT2D eigenvalue weighted by Gasteiger charge is -2.33. The van der Waals surface area contributed by atoms with E-state index in [0.717, 1.165) is 32.9 Å². The molecule has 118 valence electrons. The van der Waals surface area contributed by atoms with Crippen LogP contribution in [-0.4, -0.2) is 70.1 Å². The van der Waals surface area contributed by atoms with Crippen LogP contribution in [0.1, 0.15) is 19.3 Å². The van der Waals surface area contributed by atoms with Crippen LogP contribution in [0.2, 0.25) is 0 Å². The van der Waals surface area contributed by atoms with E-state index in [2.05, 4.69) is 9.64 Å². The molecule has 1 amide bonds. The van der Waals surface area contributed by atoms with Crippen molar-refractivity contribution >= 4 is 16.3 Å². The Bertz CT molecular complexity index is 393. The van der Waals surface area contributed by atoms with Gasteiger partial charge in [0.1, 0.15) is 0 Å². The lowest BCUT2D eigenvalue weighted by atomic mass is 10.2. The molecule has 9 heteroatoms. The molecule has 1 fully saturated rings. The maximum Gasteiger partial charge on any atom is 0.421 e. The number of hydrogen-bond donors (Lipinski definition) is 2. The first kappa shape index (κ1) is 17.2. The molecule has 0 aromatic heterocycles. The topological polar surface area (TPSA) is 105 Å². The number of nitrogens with two attached hydrogens (primary N) is 1. The zero-order valence-electron chi connectivity index (χ0n) is 11.9. The molecule has 8 nitrogen and oxygen atoms in total. The Morgan fingerprint density at radius 1 is 1.20 bits per heavy atom. The second-order valence-electron chi connectivity index (χ2n) is 4.69. The van der Waals surface area contributed by atoms with Crippen molar-refractivity contribution in [2.45, 2.75) is 19.3 Å². The fourth-order valence-corrected chi connectivity index (χ4v) is 3.13. The van der Waals surface area contributed by atoms with Crippen LogP contribution < -0.4 is 10.5 Å². The van der Waals surface area contributed by atoms with Crippen LogP contribution in [0.3, 0.4) is 0 Å². The van der Waals surface area contributed by atoms with Gasteiger partial charge in [0.05, 0.1) is 7.11 Å². The molecule has 0 aliphatic carbocycles. The monoisotopic (exact) mass is 308 g/mol. The molecule has 0 bridgehead atoms. The number of nitrogens with zero attached hydrogens (tertiary/aromatic N) is 2. The predicted octanol–water partition coefficient (Wildman–Crippen LogP) is -0.666. The van der Waals surface area contributed by atoms with E-state index in [-0.39, 0.29) is 0 Å². The van der Waals surface area contributed by atoms with E-state index in [1.54, 1.807) is 0 Å². The van der Waals surface area contributed by atoms with Crippen molar-refractivity contribution in [1.29, 1.82) is 0 Å². The van der Waals surface area contributed by atoms with E-state index >= 15 is 0 Å². The zero-order valence-corrected chi connectivity index (χ0v) is 12.7. The van der Waals surface area contributed by atoms with Crippen LogP contribution in [-0.2, 0) is 14.9 Å². The maximum atomic E-state index is 11.8. The van der Waals surface area contributed by atoms with E-state index < -0.39 is 16.3 Å². The van der Waals surface area contributed by atoms with Gasteiger partial charge in [-0.3, -0.25) is 0 Å². The van der Waals surface area contributed by atoms with Gasteiger partial charge in [-0.2, -0.15) is 12.7 Å². The molecule has 0 aromatic carbocycles. The van der Waals surface area contributed by atoms with Gasteiger partial charge in [0.15, 0.2) is 0 Å². The molecule has 0 aromatic rings. The number of carbonyl (C=O) groups excluding carboxylic acids is 1. The Kier molecular flexibility index (Phi) is 7.20. The number of methoxy groups -OCH3 is 1. The summed E-state index contributed by atoms with van der Waals surface area (Å²) in [4.78, 5) is 13.2. The molecule has 1 rings (SSSR count). The van der Waals surface area contributed by atoms with Crippen molar-refractivity contribution in [2.24, 2.45) is 5.73 Å². The summed E-state index contributed by atoms with van der Waals surface area (Å²) in [7, 11) is -2.65. The smallest absolute Gasteiger partial charge is 0.421 e. The molecule has 0 atom stereocenters. The van der Waals surface area contributed by atoms with Crippen molar-refractivity contribution < 1.29 is 17.9 Å². The second kappa shape index (κ2) is 8.40. The highest BCUT2D eigenvalue weighted by molar-refractivity contribution is 7.87. The highest BCUT2D eigenvalue weighted by Crippen LogP contribution is 2.07. The van der Waals surface area contributed by atoms with Gasteiger partial charge in [-0.25, -0.2) is 9.52 Å². The van der Waals surface area contributed by atoms with E-state index in [1.807, 2.05) is 4.72 Å². The fraction of sp³-hybridized carbons (Fsp3) is 0.909. The Labute approximate surface area is 120 Å². The summed E-state index contributed by atoms with van der Waals surface area (Å²) in [6, 6.07) is 0. The number of piperazine rings is 1. The molecule has 0 unspecified atom stereocenters. The zero-order chi connectivity index (χ0) is 15.0. The van der Waals surface area contributed by atoms with E-state index in [4.69, 9.17) is 5.73 Å². The van der Waals surface area contributed by atoms with Gasteiger partial charge < -0.3 is 15.4 Å². The largest absolute Gasteiger partial charge is 0.452 e. The number of carbonyl (C=O) groups is 1. The van der Waals surface area contributed by atoms with Crippen LogP contribution in [0.15, 0.2) is 0 Å². The first-order chi connectivity index (χ1) is 9.49. The number of amides is 1. The van der Waals surface area contributed by atoms with Crippen LogP contribution in [0.5, 0.6) is 0 Å². The van der Waals surface area contributed by atoms with E-state index in [9.17, 15) is 13.2 Å². The molecule has 0 spiro atoms. The Morgan fingerprint density at radius 2 is 1.85 bits per heavy atom. The Hall–Kier alpha value is -0.900. The van der Waals surface area contributed by atoms with Crippen molar-refractivity contribution in [3.8, 4) is 0 Å². The molecule has 3 N–H and O–H groups in total. The molecule has 1 heterocycles. The van der Waals surface area contributed by atoms with Gasteiger partial charge in [0.2, 0.25) is 0 Å². The second-order valence-corrected chi connectivity index (χ2v) is 6.36. The summed E-state index contributed by atoms with van der Waals surface area (Å²) < 4.78 is 31.1. The fourth-order valence-electron chi connectivity index (χ4n) is 2.06. The van der Waals surface area contributed by atoms with Gasteiger partial charge in [-0.15, -0.1) is 0 Å². The average molecular weight is 308 g/mol. The van der Waals surface area contributed by atoms with E-state index in [1.165, 1.54) is 4.31 Å². The predicted molar refractivity (Wildman–Crippen MR) is 75.4 cm³/mol. The summed E-state index contributed by atoms with van der Waals surface area (Å²) in [5, 5.41) is 0. The highest BCUT2D eigenvalue weighted by atomic mass is 32.2. The molecular weight excluding hydrogens is 284 g/mol. The van der Waals surface area contributed by atoms with Crippen LogP contribution in [0.25, 0.3) is 0 Å². The number of nitrogens with one attached hydrogen (secondary N) is 1. The van der Waals surface area contributed by atoms with Gasteiger partial charge >= 0.3 is 16.3 Å². The SMILES string of the molecule is COC(=O)NS(=O)(=O)N1CCN(CCCCCN)CC1. The first-order valence-corrected chi connectivity index (χ1v) is 8.22. The average Bonchev–Trinajstić information content (AvgIpc) is 2.43. The third-order valence-corrected chi connectivity index (χ3v) is 4.72. The Morgan fingerprint density at radius 3 is 2.40 bits per heavy atom. The third kappa shape index (κ3) is 5.61. The lowest BCUT2D eigenvalue weighted by molar-refractivity contribution is 0.171. The first-order valence-electron chi connectivity index (χ1n) is 6.78. The normalized spacial score (nSPS) is 17.9. The van der Waals surface area contributed by atoms with Crippen LogP contribution >= 0.6 is 0 Å². The minimum atomic E-state index is -3.78. The standard InChI is InChI=1S/C11H24N4O4S/c1-19-11(16)13-20(17,18)15-9-7-14(8-10-15)6-4-2-3-5-12/h2-10,12H2,1H3,(H,13,16). The number of rotatable bonds is 7. The summed E-state index contributed by atoms with van der Waals surface area (Å²) in [5.74, 6) is 0. The van der Waals surface area contributed by atoms with Gasteiger partial charge in [0.25, 0.3) is 0 Å². The lowest BCUT2D eigenvalue weighted by Crippen LogP contribution is -2.53. The molecule has 1 saturated heterocycles. The summed E-state index contributed by atoms with van der Waals surface area (Å²) in [6.45, 7) is 3.77. The van der Waals surface area contributed by atoms with Gasteiger partial charge in [-0.1, -0.05) is 6.42 Å². The number of ether oxygens (including phenoxy) is 1. The third-order valence-electron chi connectivity index (χ3n) is 3.25.